The van der Waals surface area contributed by atoms with Gasteiger partial charge in [-0.05, 0) is 18.4 Å². The van der Waals surface area contributed by atoms with Crippen LogP contribution in [0.4, 0.5) is 0 Å². The largest absolute Gasteiger partial charge is 0.382 e. The second-order valence-corrected chi connectivity index (χ2v) is 3.63. The number of aliphatic hydroxyl groups is 1. The fourth-order valence-corrected chi connectivity index (χ4v) is 1.71. The van der Waals surface area contributed by atoms with Gasteiger partial charge in [0.25, 0.3) is 0 Å². The van der Waals surface area contributed by atoms with Crippen LogP contribution in [0.2, 0.25) is 0 Å². The van der Waals surface area contributed by atoms with Gasteiger partial charge in [-0.25, -0.2) is 0 Å². The third kappa shape index (κ3) is 2.02. The first kappa shape index (κ1) is 8.71. The summed E-state index contributed by atoms with van der Waals surface area (Å²) in [5, 5.41) is 11.7. The van der Waals surface area contributed by atoms with Gasteiger partial charge < -0.3 is 9.84 Å². The topological polar surface area (TPSA) is 29.5 Å². The molecule has 1 unspecified atom stereocenters. The van der Waals surface area contributed by atoms with E-state index in [0.717, 1.165) is 4.88 Å². The highest BCUT2D eigenvalue weighted by molar-refractivity contribution is 7.10. The molecule has 1 N–H and O–H groups in total. The van der Waals surface area contributed by atoms with E-state index in [-0.39, 0.29) is 0 Å². The molecule has 0 saturated heterocycles. The van der Waals surface area contributed by atoms with Crippen LogP contribution in [0.15, 0.2) is 17.5 Å². The van der Waals surface area contributed by atoms with Gasteiger partial charge in [-0.1, -0.05) is 6.07 Å². The van der Waals surface area contributed by atoms with Crippen LogP contribution in [0.1, 0.15) is 11.8 Å². The summed E-state index contributed by atoms with van der Waals surface area (Å²) in [5.74, 6) is 0. The number of hydrogen-bond donors (Lipinski definition) is 1. The zero-order valence-corrected chi connectivity index (χ0v) is 7.52. The molecular weight excluding hydrogens is 160 g/mol. The highest BCUT2D eigenvalue weighted by Gasteiger charge is 2.23. The molecule has 0 aliphatic carbocycles. The summed E-state index contributed by atoms with van der Waals surface area (Å²) in [6.07, 6.45) is 0. The lowest BCUT2D eigenvalue weighted by Crippen LogP contribution is -2.25. The first-order valence-electron chi connectivity index (χ1n) is 3.42. The van der Waals surface area contributed by atoms with Crippen molar-refractivity contribution < 1.29 is 9.84 Å². The fourth-order valence-electron chi connectivity index (χ4n) is 0.937. The van der Waals surface area contributed by atoms with E-state index in [1.54, 1.807) is 14.0 Å². The van der Waals surface area contributed by atoms with Crippen molar-refractivity contribution in [3.63, 3.8) is 0 Å². The molecule has 0 radical (unpaired) electrons. The van der Waals surface area contributed by atoms with E-state index in [4.69, 9.17) is 4.74 Å². The van der Waals surface area contributed by atoms with Crippen molar-refractivity contribution in [2.75, 3.05) is 13.7 Å². The number of rotatable bonds is 3. The lowest BCUT2D eigenvalue weighted by atomic mass is 10.1. The normalized spacial score (nSPS) is 16.3. The standard InChI is InChI=1S/C8H12O2S/c1-8(9,6-10-2)7-4-3-5-11-7/h3-5,9H,6H2,1-2H3. The van der Waals surface area contributed by atoms with Crippen LogP contribution in [0, 0.1) is 0 Å². The van der Waals surface area contributed by atoms with Gasteiger partial charge in [0.1, 0.15) is 5.60 Å². The Kier molecular flexibility index (Phi) is 2.65. The maximum atomic E-state index is 9.76. The maximum absolute atomic E-state index is 9.76. The molecule has 1 rings (SSSR count). The molecule has 0 amide bonds. The zero-order chi connectivity index (χ0) is 8.32. The van der Waals surface area contributed by atoms with E-state index in [1.165, 1.54) is 11.3 Å². The molecule has 11 heavy (non-hydrogen) atoms. The van der Waals surface area contributed by atoms with Crippen LogP contribution in [-0.4, -0.2) is 18.8 Å². The summed E-state index contributed by atoms with van der Waals surface area (Å²) in [7, 11) is 1.59. The minimum atomic E-state index is -0.830. The Balaban J connectivity index is 2.73. The van der Waals surface area contributed by atoms with E-state index >= 15 is 0 Å². The molecule has 1 atom stereocenters. The van der Waals surface area contributed by atoms with Crippen LogP contribution in [0.3, 0.4) is 0 Å². The minimum absolute atomic E-state index is 0.341. The summed E-state index contributed by atoms with van der Waals surface area (Å²) < 4.78 is 4.89. The highest BCUT2D eigenvalue weighted by Crippen LogP contribution is 2.24. The molecule has 0 bridgehead atoms. The molecule has 0 spiro atoms. The summed E-state index contributed by atoms with van der Waals surface area (Å²) in [4.78, 5) is 0.944. The van der Waals surface area contributed by atoms with Crippen molar-refractivity contribution in [1.82, 2.24) is 0 Å². The molecule has 2 nitrogen and oxygen atoms in total. The van der Waals surface area contributed by atoms with E-state index < -0.39 is 5.60 Å². The lowest BCUT2D eigenvalue weighted by molar-refractivity contribution is -0.0180. The van der Waals surface area contributed by atoms with Crippen molar-refractivity contribution in [3.05, 3.63) is 22.4 Å². The fraction of sp³-hybridized carbons (Fsp3) is 0.500. The second kappa shape index (κ2) is 3.34. The monoisotopic (exact) mass is 172 g/mol. The van der Waals surface area contributed by atoms with Crippen LogP contribution >= 0.6 is 11.3 Å². The van der Waals surface area contributed by atoms with Gasteiger partial charge in [0.05, 0.1) is 6.61 Å². The summed E-state index contributed by atoms with van der Waals surface area (Å²) in [6, 6.07) is 3.83. The average Bonchev–Trinajstić information content (AvgIpc) is 2.37. The Morgan fingerprint density at radius 1 is 1.73 bits per heavy atom. The predicted octanol–water partition coefficient (Wildman–Crippen LogP) is 1.60. The van der Waals surface area contributed by atoms with Gasteiger partial charge >= 0.3 is 0 Å². The number of thiophene rings is 1. The van der Waals surface area contributed by atoms with E-state index in [2.05, 4.69) is 0 Å². The van der Waals surface area contributed by atoms with Gasteiger partial charge in [-0.3, -0.25) is 0 Å². The van der Waals surface area contributed by atoms with Crippen molar-refractivity contribution in [2.24, 2.45) is 0 Å². The molecule has 0 saturated carbocycles. The van der Waals surface area contributed by atoms with E-state index in [1.807, 2.05) is 17.5 Å². The summed E-state index contributed by atoms with van der Waals surface area (Å²) >= 11 is 1.54. The van der Waals surface area contributed by atoms with Gasteiger partial charge in [-0.2, -0.15) is 0 Å². The molecule has 3 heteroatoms. The number of ether oxygens (including phenoxy) is 1. The molecule has 0 aliphatic rings. The third-order valence-electron chi connectivity index (χ3n) is 1.48. The first-order chi connectivity index (χ1) is 5.17. The Morgan fingerprint density at radius 2 is 2.45 bits per heavy atom. The second-order valence-electron chi connectivity index (χ2n) is 2.68. The molecule has 1 aromatic heterocycles. The highest BCUT2D eigenvalue weighted by atomic mass is 32.1. The van der Waals surface area contributed by atoms with Crippen LogP contribution < -0.4 is 0 Å². The minimum Gasteiger partial charge on any atom is -0.382 e. The lowest BCUT2D eigenvalue weighted by Gasteiger charge is -2.20. The van der Waals surface area contributed by atoms with Crippen molar-refractivity contribution >= 4 is 11.3 Å². The molecule has 1 aromatic rings. The van der Waals surface area contributed by atoms with Gasteiger partial charge in [0.15, 0.2) is 0 Å². The van der Waals surface area contributed by atoms with Crippen molar-refractivity contribution in [2.45, 2.75) is 12.5 Å². The Bertz CT molecular complexity index is 204. The molecule has 0 fully saturated rings. The zero-order valence-electron chi connectivity index (χ0n) is 6.70. The first-order valence-corrected chi connectivity index (χ1v) is 4.30. The summed E-state index contributed by atoms with van der Waals surface area (Å²) in [6.45, 7) is 2.09. The Hall–Kier alpha value is -0.380. The molecule has 62 valence electrons. The Morgan fingerprint density at radius 3 is 2.91 bits per heavy atom. The van der Waals surface area contributed by atoms with E-state index in [0.29, 0.717) is 6.61 Å². The van der Waals surface area contributed by atoms with Crippen LogP contribution in [0.5, 0.6) is 0 Å². The molecular formula is C8H12O2S. The van der Waals surface area contributed by atoms with Crippen LogP contribution in [0.25, 0.3) is 0 Å². The van der Waals surface area contributed by atoms with Crippen molar-refractivity contribution in [3.8, 4) is 0 Å². The number of hydrogen-bond acceptors (Lipinski definition) is 3. The molecule has 0 aliphatic heterocycles. The number of methoxy groups -OCH3 is 1. The Labute approximate surface area is 70.4 Å². The quantitative estimate of drug-likeness (QED) is 0.750. The summed E-state index contributed by atoms with van der Waals surface area (Å²) in [5.41, 5.74) is -0.830. The molecule has 0 aromatic carbocycles. The SMILES string of the molecule is COCC(C)(O)c1cccs1. The van der Waals surface area contributed by atoms with Crippen molar-refractivity contribution in [1.29, 1.82) is 0 Å². The third-order valence-corrected chi connectivity index (χ3v) is 2.60. The van der Waals surface area contributed by atoms with E-state index in [9.17, 15) is 5.11 Å². The molecule has 1 heterocycles. The maximum Gasteiger partial charge on any atom is 0.119 e. The average molecular weight is 172 g/mol. The smallest absolute Gasteiger partial charge is 0.119 e. The van der Waals surface area contributed by atoms with Crippen LogP contribution in [-0.2, 0) is 10.3 Å². The van der Waals surface area contributed by atoms with Gasteiger partial charge in [-0.15, -0.1) is 11.3 Å². The predicted molar refractivity (Wildman–Crippen MR) is 45.8 cm³/mol. The van der Waals surface area contributed by atoms with Gasteiger partial charge in [0, 0.05) is 12.0 Å². The van der Waals surface area contributed by atoms with Gasteiger partial charge in [0.2, 0.25) is 0 Å².